The first-order chi connectivity index (χ1) is 7.70. The maximum atomic E-state index is 5.18. The molecule has 0 saturated heterocycles. The van der Waals surface area contributed by atoms with Crippen LogP contribution in [0, 0.1) is 6.92 Å². The van der Waals surface area contributed by atoms with E-state index in [1.165, 1.54) is 0 Å². The molecule has 3 nitrogen and oxygen atoms in total. The number of halogens is 1. The number of ether oxygens (including phenoxy) is 1. The molecule has 1 aromatic carbocycles. The van der Waals surface area contributed by atoms with Gasteiger partial charge in [-0.3, -0.25) is 0 Å². The fourth-order valence-electron chi connectivity index (χ4n) is 1.44. The molecule has 0 atom stereocenters. The molecule has 0 spiro atoms. The summed E-state index contributed by atoms with van der Waals surface area (Å²) in [6, 6.07) is 7.77. The number of rotatable bonds is 2. The Morgan fingerprint density at radius 2 is 2.06 bits per heavy atom. The number of aromatic nitrogens is 2. The highest BCUT2D eigenvalue weighted by Gasteiger charge is 2.04. The second-order valence-electron chi connectivity index (χ2n) is 3.34. The van der Waals surface area contributed by atoms with E-state index in [0.717, 1.165) is 27.3 Å². The quantitative estimate of drug-likeness (QED) is 0.846. The summed E-state index contributed by atoms with van der Waals surface area (Å²) in [6.45, 7) is 1.88. The first-order valence-corrected chi connectivity index (χ1v) is 5.63. The molecule has 2 aromatic rings. The van der Waals surface area contributed by atoms with Crippen LogP contribution in [-0.4, -0.2) is 17.1 Å². The van der Waals surface area contributed by atoms with Gasteiger partial charge in [-0.1, -0.05) is 0 Å². The van der Waals surface area contributed by atoms with Gasteiger partial charge in [0, 0.05) is 11.8 Å². The topological polar surface area (TPSA) is 35.0 Å². The Morgan fingerprint density at radius 3 is 2.69 bits per heavy atom. The smallest absolute Gasteiger partial charge is 0.133 e. The molecule has 1 heterocycles. The predicted molar refractivity (Wildman–Crippen MR) is 66.5 cm³/mol. The fourth-order valence-corrected chi connectivity index (χ4v) is 1.98. The number of hydrogen-bond donors (Lipinski definition) is 0. The maximum absolute atomic E-state index is 5.18. The largest absolute Gasteiger partial charge is 0.496 e. The minimum atomic E-state index is 0.768. The van der Waals surface area contributed by atoms with Crippen molar-refractivity contribution < 1.29 is 4.74 Å². The van der Waals surface area contributed by atoms with Gasteiger partial charge >= 0.3 is 0 Å². The fraction of sp³-hybridized carbons (Fsp3) is 0.167. The van der Waals surface area contributed by atoms with Crippen LogP contribution in [0.5, 0.6) is 5.75 Å². The van der Waals surface area contributed by atoms with Crippen LogP contribution < -0.4 is 4.74 Å². The van der Waals surface area contributed by atoms with Crippen molar-refractivity contribution >= 4 is 15.9 Å². The summed E-state index contributed by atoms with van der Waals surface area (Å²) >= 11 is 3.45. The van der Waals surface area contributed by atoms with Crippen molar-refractivity contribution in [3.63, 3.8) is 0 Å². The van der Waals surface area contributed by atoms with E-state index in [-0.39, 0.29) is 0 Å². The average Bonchev–Trinajstić information content (AvgIpc) is 2.29. The molecule has 16 heavy (non-hydrogen) atoms. The van der Waals surface area contributed by atoms with Crippen molar-refractivity contribution in [2.45, 2.75) is 6.92 Å². The van der Waals surface area contributed by atoms with Gasteiger partial charge in [-0.05, 0) is 47.1 Å². The highest BCUT2D eigenvalue weighted by atomic mass is 79.9. The lowest BCUT2D eigenvalue weighted by molar-refractivity contribution is 0.412. The van der Waals surface area contributed by atoms with Crippen molar-refractivity contribution in [1.82, 2.24) is 9.97 Å². The average molecular weight is 279 g/mol. The molecule has 0 aliphatic carbocycles. The molecule has 2 rings (SSSR count). The first-order valence-electron chi connectivity index (χ1n) is 4.84. The zero-order valence-corrected chi connectivity index (χ0v) is 10.7. The van der Waals surface area contributed by atoms with Gasteiger partial charge in [0.05, 0.1) is 17.3 Å². The van der Waals surface area contributed by atoms with Crippen LogP contribution in [0.3, 0.4) is 0 Å². The summed E-state index contributed by atoms with van der Waals surface area (Å²) < 4.78 is 6.10. The highest BCUT2D eigenvalue weighted by Crippen LogP contribution is 2.29. The molecule has 0 amide bonds. The van der Waals surface area contributed by atoms with Gasteiger partial charge < -0.3 is 4.74 Å². The van der Waals surface area contributed by atoms with E-state index < -0.39 is 0 Å². The molecule has 0 saturated carbocycles. The van der Waals surface area contributed by atoms with Crippen molar-refractivity contribution in [1.29, 1.82) is 0 Å². The van der Waals surface area contributed by atoms with Gasteiger partial charge in [0.25, 0.3) is 0 Å². The van der Waals surface area contributed by atoms with Gasteiger partial charge in [-0.2, -0.15) is 0 Å². The van der Waals surface area contributed by atoms with Crippen LogP contribution >= 0.6 is 15.9 Å². The Hall–Kier alpha value is -1.42. The molecule has 0 aliphatic heterocycles. The highest BCUT2D eigenvalue weighted by molar-refractivity contribution is 9.10. The lowest BCUT2D eigenvalue weighted by atomic mass is 10.1. The second kappa shape index (κ2) is 4.61. The Kier molecular flexibility index (Phi) is 3.19. The molecule has 0 fully saturated rings. The number of benzene rings is 1. The zero-order chi connectivity index (χ0) is 11.5. The van der Waals surface area contributed by atoms with Crippen molar-refractivity contribution in [3.05, 3.63) is 40.8 Å². The van der Waals surface area contributed by atoms with Crippen LogP contribution in [0.15, 0.2) is 34.9 Å². The molecule has 0 bridgehead atoms. The molecule has 0 radical (unpaired) electrons. The second-order valence-corrected chi connectivity index (χ2v) is 4.19. The minimum Gasteiger partial charge on any atom is -0.496 e. The molecule has 4 heteroatoms. The summed E-state index contributed by atoms with van der Waals surface area (Å²) in [4.78, 5) is 8.44. The third kappa shape index (κ3) is 2.22. The summed E-state index contributed by atoms with van der Waals surface area (Å²) in [6.07, 6.45) is 1.76. The predicted octanol–water partition coefficient (Wildman–Crippen LogP) is 3.22. The monoisotopic (exact) mass is 278 g/mol. The molecule has 0 N–H and O–H groups in total. The Balaban J connectivity index is 2.45. The van der Waals surface area contributed by atoms with E-state index in [0.29, 0.717) is 0 Å². The summed E-state index contributed by atoms with van der Waals surface area (Å²) in [5.41, 5.74) is 1.95. The van der Waals surface area contributed by atoms with Gasteiger partial charge in [-0.15, -0.1) is 0 Å². The van der Waals surface area contributed by atoms with Crippen molar-refractivity contribution in [2.75, 3.05) is 7.11 Å². The zero-order valence-electron chi connectivity index (χ0n) is 9.07. The van der Waals surface area contributed by atoms with Gasteiger partial charge in [0.2, 0.25) is 0 Å². The van der Waals surface area contributed by atoms with Gasteiger partial charge in [0.15, 0.2) is 0 Å². The summed E-state index contributed by atoms with van der Waals surface area (Å²) in [7, 11) is 1.65. The Labute approximate surface area is 103 Å². The van der Waals surface area contributed by atoms with Crippen molar-refractivity contribution in [3.8, 4) is 17.0 Å². The molecular weight excluding hydrogens is 268 g/mol. The van der Waals surface area contributed by atoms with Gasteiger partial charge in [0.1, 0.15) is 11.6 Å². The minimum absolute atomic E-state index is 0.768. The molecule has 1 aromatic heterocycles. The van der Waals surface area contributed by atoms with Crippen LogP contribution in [-0.2, 0) is 0 Å². The summed E-state index contributed by atoms with van der Waals surface area (Å²) in [5, 5.41) is 0. The first kappa shape index (κ1) is 11.1. The molecule has 0 unspecified atom stereocenters. The van der Waals surface area contributed by atoms with E-state index in [9.17, 15) is 0 Å². The Bertz CT molecular complexity index is 514. The lowest BCUT2D eigenvalue weighted by Gasteiger charge is -2.06. The number of methoxy groups -OCH3 is 1. The third-order valence-corrected chi connectivity index (χ3v) is 2.84. The van der Waals surface area contributed by atoms with Crippen molar-refractivity contribution in [2.24, 2.45) is 0 Å². The van der Waals surface area contributed by atoms with E-state index in [4.69, 9.17) is 4.74 Å². The van der Waals surface area contributed by atoms with Crippen LogP contribution in [0.2, 0.25) is 0 Å². The van der Waals surface area contributed by atoms with E-state index in [1.807, 2.05) is 31.2 Å². The normalized spacial score (nSPS) is 10.2. The summed E-state index contributed by atoms with van der Waals surface area (Å²) in [5.74, 6) is 1.58. The van der Waals surface area contributed by atoms with Crippen LogP contribution in [0.4, 0.5) is 0 Å². The maximum Gasteiger partial charge on any atom is 0.133 e. The van der Waals surface area contributed by atoms with Gasteiger partial charge in [-0.25, -0.2) is 9.97 Å². The lowest BCUT2D eigenvalue weighted by Crippen LogP contribution is -1.90. The Morgan fingerprint density at radius 1 is 1.25 bits per heavy atom. The van der Waals surface area contributed by atoms with E-state index in [1.54, 1.807) is 13.3 Å². The molecular formula is C12H11BrN2O. The number of aryl methyl sites for hydroxylation is 1. The van der Waals surface area contributed by atoms with Crippen LogP contribution in [0.1, 0.15) is 5.82 Å². The van der Waals surface area contributed by atoms with E-state index in [2.05, 4.69) is 25.9 Å². The standard InChI is InChI=1S/C12H11BrN2O/c1-8-14-6-5-11(15-8)9-3-4-12(16-2)10(13)7-9/h3-7H,1-2H3. The van der Waals surface area contributed by atoms with Crippen LogP contribution in [0.25, 0.3) is 11.3 Å². The third-order valence-electron chi connectivity index (χ3n) is 2.22. The van der Waals surface area contributed by atoms with E-state index >= 15 is 0 Å². The number of hydrogen-bond acceptors (Lipinski definition) is 3. The molecule has 0 aliphatic rings. The SMILES string of the molecule is COc1ccc(-c2ccnc(C)n2)cc1Br. The number of nitrogens with zero attached hydrogens (tertiary/aromatic N) is 2. The molecule has 82 valence electrons.